The molecule has 0 bridgehead atoms. The molecule has 1 aliphatic carbocycles. The highest BCUT2D eigenvalue weighted by Crippen LogP contribution is 2.18. The van der Waals surface area contributed by atoms with E-state index in [2.05, 4.69) is 4.72 Å². The fourth-order valence-electron chi connectivity index (χ4n) is 2.53. The van der Waals surface area contributed by atoms with Crippen LogP contribution in [0.2, 0.25) is 0 Å². The number of nitrogen functional groups attached to an aromatic ring is 1. The van der Waals surface area contributed by atoms with Crippen molar-refractivity contribution in [2.75, 3.05) is 5.73 Å². The zero-order valence-corrected chi connectivity index (χ0v) is 12.0. The maximum atomic E-state index is 12.1. The van der Waals surface area contributed by atoms with Crippen LogP contribution in [0.5, 0.6) is 0 Å². The first-order valence-corrected chi connectivity index (χ1v) is 8.55. The van der Waals surface area contributed by atoms with Crippen LogP contribution in [0.4, 0.5) is 5.69 Å². The molecule has 0 unspecified atom stereocenters. The lowest BCUT2D eigenvalue weighted by molar-refractivity contribution is 0.509. The number of anilines is 1. The van der Waals surface area contributed by atoms with E-state index in [1.807, 2.05) is 0 Å². The fourth-order valence-corrected chi connectivity index (χ4v) is 3.98. The van der Waals surface area contributed by atoms with Crippen molar-refractivity contribution in [1.82, 2.24) is 4.72 Å². The molecule has 1 aromatic rings. The number of hydrogen-bond donors (Lipinski definition) is 2. The molecule has 3 N–H and O–H groups in total. The second-order valence-corrected chi connectivity index (χ2v) is 7.06. The van der Waals surface area contributed by atoms with Crippen molar-refractivity contribution >= 4 is 15.7 Å². The van der Waals surface area contributed by atoms with Gasteiger partial charge >= 0.3 is 0 Å². The Hall–Kier alpha value is -1.07. The van der Waals surface area contributed by atoms with Crippen LogP contribution in [-0.4, -0.2) is 14.5 Å². The van der Waals surface area contributed by atoms with Gasteiger partial charge in [0.2, 0.25) is 10.0 Å². The van der Waals surface area contributed by atoms with Gasteiger partial charge in [0.15, 0.2) is 0 Å². The summed E-state index contributed by atoms with van der Waals surface area (Å²) in [7, 11) is -3.25. The number of nitrogens with one attached hydrogen (secondary N) is 1. The van der Waals surface area contributed by atoms with Crippen molar-refractivity contribution in [1.29, 1.82) is 0 Å². The Balaban J connectivity index is 1.95. The average molecular weight is 282 g/mol. The van der Waals surface area contributed by atoms with Gasteiger partial charge < -0.3 is 5.73 Å². The molecule has 4 nitrogen and oxygen atoms in total. The van der Waals surface area contributed by atoms with Crippen LogP contribution < -0.4 is 10.5 Å². The predicted molar refractivity (Wildman–Crippen MR) is 78.1 cm³/mol. The summed E-state index contributed by atoms with van der Waals surface area (Å²) >= 11 is 0. The van der Waals surface area contributed by atoms with Gasteiger partial charge in [-0.25, -0.2) is 13.1 Å². The van der Waals surface area contributed by atoms with Gasteiger partial charge in [-0.2, -0.15) is 0 Å². The Morgan fingerprint density at radius 2 is 1.63 bits per heavy atom. The lowest BCUT2D eigenvalue weighted by Crippen LogP contribution is -2.35. The molecular formula is C14H22N2O2S. The van der Waals surface area contributed by atoms with E-state index < -0.39 is 10.0 Å². The summed E-state index contributed by atoms with van der Waals surface area (Å²) in [6.07, 6.45) is 6.60. The summed E-state index contributed by atoms with van der Waals surface area (Å²) in [4.78, 5) is 0. The molecule has 19 heavy (non-hydrogen) atoms. The van der Waals surface area contributed by atoms with Crippen LogP contribution in [0.25, 0.3) is 0 Å². The van der Waals surface area contributed by atoms with Crippen LogP contribution >= 0.6 is 0 Å². The SMILES string of the molecule is Nc1ccc(CS(=O)(=O)NC2CCCCCC2)cc1. The third-order valence-electron chi connectivity index (χ3n) is 3.54. The fraction of sp³-hybridized carbons (Fsp3) is 0.571. The van der Waals surface area contributed by atoms with E-state index in [4.69, 9.17) is 5.73 Å². The number of rotatable bonds is 4. The quantitative estimate of drug-likeness (QED) is 0.658. The molecule has 106 valence electrons. The summed E-state index contributed by atoms with van der Waals surface area (Å²) in [5.41, 5.74) is 7.02. The summed E-state index contributed by atoms with van der Waals surface area (Å²) in [5.74, 6) is 0.0315. The number of sulfonamides is 1. The Kier molecular flexibility index (Phi) is 4.82. The topological polar surface area (TPSA) is 72.2 Å². The largest absolute Gasteiger partial charge is 0.399 e. The number of nitrogens with two attached hydrogens (primary N) is 1. The zero-order valence-electron chi connectivity index (χ0n) is 11.1. The molecule has 2 rings (SSSR count). The van der Waals surface area contributed by atoms with Gasteiger partial charge in [0.25, 0.3) is 0 Å². The standard InChI is InChI=1S/C14H22N2O2S/c15-13-9-7-12(8-10-13)11-19(17,18)16-14-5-3-1-2-4-6-14/h7-10,14,16H,1-6,11,15H2. The van der Waals surface area contributed by atoms with E-state index in [-0.39, 0.29) is 11.8 Å². The van der Waals surface area contributed by atoms with Gasteiger partial charge in [-0.1, -0.05) is 37.8 Å². The van der Waals surface area contributed by atoms with Crippen molar-refractivity contribution < 1.29 is 8.42 Å². The third kappa shape index (κ3) is 4.84. The van der Waals surface area contributed by atoms with Gasteiger partial charge in [0, 0.05) is 11.7 Å². The number of hydrogen-bond acceptors (Lipinski definition) is 3. The van der Waals surface area contributed by atoms with Crippen LogP contribution in [-0.2, 0) is 15.8 Å². The Morgan fingerprint density at radius 3 is 2.21 bits per heavy atom. The minimum absolute atomic E-state index is 0.0315. The minimum Gasteiger partial charge on any atom is -0.399 e. The molecule has 0 spiro atoms. The second kappa shape index (κ2) is 6.39. The lowest BCUT2D eigenvalue weighted by atomic mass is 10.1. The van der Waals surface area contributed by atoms with E-state index in [0.29, 0.717) is 5.69 Å². The maximum absolute atomic E-state index is 12.1. The molecular weight excluding hydrogens is 260 g/mol. The zero-order chi connectivity index (χ0) is 13.7. The summed E-state index contributed by atoms with van der Waals surface area (Å²) in [5, 5.41) is 0. The molecule has 0 saturated heterocycles. The molecule has 0 aliphatic heterocycles. The van der Waals surface area contributed by atoms with Crippen molar-refractivity contribution in [3.8, 4) is 0 Å². The molecule has 1 saturated carbocycles. The molecule has 5 heteroatoms. The van der Waals surface area contributed by atoms with E-state index >= 15 is 0 Å². The van der Waals surface area contributed by atoms with E-state index in [0.717, 1.165) is 31.2 Å². The maximum Gasteiger partial charge on any atom is 0.216 e. The van der Waals surface area contributed by atoms with Crippen molar-refractivity contribution in [2.24, 2.45) is 0 Å². The van der Waals surface area contributed by atoms with Gasteiger partial charge in [0.05, 0.1) is 5.75 Å². The Labute approximate surface area is 115 Å². The van der Waals surface area contributed by atoms with E-state index in [9.17, 15) is 8.42 Å². The molecule has 1 aliphatic rings. The van der Waals surface area contributed by atoms with Crippen molar-refractivity contribution in [3.63, 3.8) is 0 Å². The van der Waals surface area contributed by atoms with Gasteiger partial charge in [-0.05, 0) is 30.5 Å². The normalized spacial score (nSPS) is 18.1. The van der Waals surface area contributed by atoms with Crippen LogP contribution in [0.3, 0.4) is 0 Å². The van der Waals surface area contributed by atoms with Gasteiger partial charge in [-0.15, -0.1) is 0 Å². The first-order chi connectivity index (χ1) is 9.05. The first kappa shape index (κ1) is 14.3. The Bertz CT molecular complexity index is 489. The average Bonchev–Trinajstić information content (AvgIpc) is 2.60. The highest BCUT2D eigenvalue weighted by atomic mass is 32.2. The van der Waals surface area contributed by atoms with E-state index in [1.165, 1.54) is 12.8 Å². The predicted octanol–water partition coefficient (Wildman–Crippen LogP) is 2.41. The number of benzene rings is 1. The van der Waals surface area contributed by atoms with Crippen LogP contribution in [0, 0.1) is 0 Å². The molecule has 0 atom stereocenters. The highest BCUT2D eigenvalue weighted by Gasteiger charge is 2.19. The van der Waals surface area contributed by atoms with Crippen molar-refractivity contribution in [2.45, 2.75) is 50.3 Å². The highest BCUT2D eigenvalue weighted by molar-refractivity contribution is 7.88. The molecule has 1 aromatic carbocycles. The smallest absolute Gasteiger partial charge is 0.216 e. The van der Waals surface area contributed by atoms with Crippen LogP contribution in [0.1, 0.15) is 44.1 Å². The summed E-state index contributed by atoms with van der Waals surface area (Å²) in [6.45, 7) is 0. The summed E-state index contributed by atoms with van der Waals surface area (Å²) in [6, 6.07) is 7.11. The first-order valence-electron chi connectivity index (χ1n) is 6.89. The van der Waals surface area contributed by atoms with Crippen LogP contribution in [0.15, 0.2) is 24.3 Å². The van der Waals surface area contributed by atoms with E-state index in [1.54, 1.807) is 24.3 Å². The minimum atomic E-state index is -3.25. The summed E-state index contributed by atoms with van der Waals surface area (Å²) < 4.78 is 27.1. The molecule has 0 aromatic heterocycles. The molecule has 0 amide bonds. The monoisotopic (exact) mass is 282 g/mol. The van der Waals surface area contributed by atoms with Crippen molar-refractivity contribution in [3.05, 3.63) is 29.8 Å². The molecule has 0 radical (unpaired) electrons. The van der Waals surface area contributed by atoms with Gasteiger partial charge in [-0.3, -0.25) is 0 Å². The lowest BCUT2D eigenvalue weighted by Gasteiger charge is -2.16. The third-order valence-corrected chi connectivity index (χ3v) is 4.94. The molecule has 1 fully saturated rings. The van der Waals surface area contributed by atoms with Gasteiger partial charge in [0.1, 0.15) is 0 Å². The Morgan fingerprint density at radius 1 is 1.05 bits per heavy atom. The molecule has 0 heterocycles. The second-order valence-electron chi connectivity index (χ2n) is 5.31.